The van der Waals surface area contributed by atoms with Crippen LogP contribution in [0.3, 0.4) is 0 Å². The zero-order valence-corrected chi connectivity index (χ0v) is 19.1. The zero-order valence-electron chi connectivity index (χ0n) is 19.1. The molecule has 0 fully saturated rings. The molecule has 0 spiro atoms. The minimum atomic E-state index is -0.628. The number of rotatable bonds is 16. The first kappa shape index (κ1) is 26.7. The molecule has 0 saturated carbocycles. The van der Waals surface area contributed by atoms with E-state index in [0.717, 1.165) is 37.8 Å². The van der Waals surface area contributed by atoms with Crippen molar-refractivity contribution < 1.29 is 38.2 Å². The van der Waals surface area contributed by atoms with E-state index in [9.17, 15) is 28.8 Å². The lowest BCUT2D eigenvalue weighted by molar-refractivity contribution is -0.140. The van der Waals surface area contributed by atoms with Crippen molar-refractivity contribution in [2.45, 2.75) is 51.4 Å². The number of amides is 4. The third kappa shape index (κ3) is 9.51. The van der Waals surface area contributed by atoms with Crippen LogP contribution in [0.2, 0.25) is 0 Å². The molecule has 10 heteroatoms. The summed E-state index contributed by atoms with van der Waals surface area (Å²) in [6.07, 6.45) is 12.9. The van der Waals surface area contributed by atoms with Gasteiger partial charge in [-0.15, -0.1) is 0 Å². The summed E-state index contributed by atoms with van der Waals surface area (Å²) < 4.78 is 10.0. The lowest BCUT2D eigenvalue weighted by Gasteiger charge is -2.13. The van der Waals surface area contributed by atoms with Crippen LogP contribution in [-0.4, -0.2) is 71.7 Å². The van der Waals surface area contributed by atoms with E-state index >= 15 is 0 Å². The number of carbonyl (C=O) groups excluding carboxylic acids is 6. The average Bonchev–Trinajstić information content (AvgIpc) is 3.31. The fourth-order valence-corrected chi connectivity index (χ4v) is 3.33. The topological polar surface area (TPSA) is 127 Å². The highest BCUT2D eigenvalue weighted by Crippen LogP contribution is 2.09. The van der Waals surface area contributed by atoms with Crippen molar-refractivity contribution in [2.24, 2.45) is 0 Å². The maximum atomic E-state index is 11.6. The number of unbranched alkanes of at least 4 members (excludes halogenated alkanes) is 6. The molecule has 2 aliphatic rings. The number of ether oxygens (including phenoxy) is 2. The molecule has 34 heavy (non-hydrogen) atoms. The van der Waals surface area contributed by atoms with Gasteiger partial charge in [-0.1, -0.05) is 12.8 Å². The number of carbonyl (C=O) groups is 6. The van der Waals surface area contributed by atoms with E-state index < -0.39 is 11.9 Å². The van der Waals surface area contributed by atoms with Gasteiger partial charge in [-0.2, -0.15) is 0 Å². The number of esters is 2. The summed E-state index contributed by atoms with van der Waals surface area (Å²) in [4.78, 5) is 71.3. The summed E-state index contributed by atoms with van der Waals surface area (Å²) >= 11 is 0. The Hall–Kier alpha value is -3.56. The highest BCUT2D eigenvalue weighted by Gasteiger charge is 2.22. The van der Waals surface area contributed by atoms with Crippen LogP contribution in [0.1, 0.15) is 51.4 Å². The van der Waals surface area contributed by atoms with Gasteiger partial charge in [-0.25, -0.2) is 9.59 Å². The smallest absolute Gasteiger partial charge is 0.331 e. The molecule has 0 aliphatic carbocycles. The molecule has 0 radical (unpaired) electrons. The Morgan fingerprint density at radius 3 is 1.24 bits per heavy atom. The Balaban J connectivity index is 1.40. The van der Waals surface area contributed by atoms with Crippen molar-refractivity contribution in [3.63, 3.8) is 0 Å². The Labute approximate surface area is 198 Å². The van der Waals surface area contributed by atoms with Gasteiger partial charge in [0, 0.05) is 49.5 Å². The normalized spacial score (nSPS) is 15.3. The average molecular weight is 475 g/mol. The fourth-order valence-electron chi connectivity index (χ4n) is 3.33. The van der Waals surface area contributed by atoms with Crippen molar-refractivity contribution in [3.05, 3.63) is 36.5 Å². The summed E-state index contributed by atoms with van der Waals surface area (Å²) in [5.41, 5.74) is 0. The van der Waals surface area contributed by atoms with E-state index in [4.69, 9.17) is 9.47 Å². The molecular weight excluding hydrogens is 444 g/mol. The number of hydrogen-bond acceptors (Lipinski definition) is 8. The molecule has 0 aromatic heterocycles. The van der Waals surface area contributed by atoms with Gasteiger partial charge in [0.05, 0.1) is 13.2 Å². The minimum absolute atomic E-state index is 0.214. The van der Waals surface area contributed by atoms with Gasteiger partial charge in [0.25, 0.3) is 23.6 Å². The van der Waals surface area contributed by atoms with Crippen LogP contribution in [0.5, 0.6) is 0 Å². The molecule has 2 aliphatic heterocycles. The summed E-state index contributed by atoms with van der Waals surface area (Å²) in [6.45, 7) is 1.19. The number of nitrogens with zero attached hydrogens (tertiary/aromatic N) is 2. The first-order chi connectivity index (χ1) is 16.4. The van der Waals surface area contributed by atoms with Crippen LogP contribution in [0.15, 0.2) is 36.5 Å². The zero-order chi connectivity index (χ0) is 24.8. The van der Waals surface area contributed by atoms with Crippen LogP contribution in [-0.2, 0) is 38.2 Å². The van der Waals surface area contributed by atoms with E-state index in [2.05, 4.69) is 0 Å². The predicted octanol–water partition coefficient (Wildman–Crippen LogP) is 1.60. The van der Waals surface area contributed by atoms with Gasteiger partial charge in [0.2, 0.25) is 0 Å². The Bertz CT molecular complexity index is 768. The Kier molecular flexibility index (Phi) is 11.4. The molecule has 0 aromatic rings. The second-order valence-corrected chi connectivity index (χ2v) is 7.82. The summed E-state index contributed by atoms with van der Waals surface area (Å²) in [5, 5.41) is 0. The molecule has 2 rings (SSSR count). The molecule has 184 valence electrons. The SMILES string of the molecule is O=C(/C=C\C(=O)OCCCCCCN1C(=O)C=CC1=O)OCCCCCCN1C(=O)C=CC1=O. The van der Waals surface area contributed by atoms with Crippen molar-refractivity contribution >= 4 is 35.6 Å². The van der Waals surface area contributed by atoms with Gasteiger partial charge in [-0.05, 0) is 38.5 Å². The molecule has 4 amide bonds. The maximum absolute atomic E-state index is 11.6. The first-order valence-corrected chi connectivity index (χ1v) is 11.5. The van der Waals surface area contributed by atoms with E-state index in [-0.39, 0.29) is 36.8 Å². The van der Waals surface area contributed by atoms with E-state index in [1.165, 1.54) is 34.1 Å². The van der Waals surface area contributed by atoms with Crippen molar-refractivity contribution in [2.75, 3.05) is 26.3 Å². The molecule has 0 atom stereocenters. The highest BCUT2D eigenvalue weighted by atomic mass is 16.5. The summed E-state index contributed by atoms with van der Waals surface area (Å²) in [6, 6.07) is 0. The quantitative estimate of drug-likeness (QED) is 0.143. The van der Waals surface area contributed by atoms with Crippen LogP contribution < -0.4 is 0 Å². The third-order valence-corrected chi connectivity index (χ3v) is 5.20. The van der Waals surface area contributed by atoms with Gasteiger partial charge < -0.3 is 9.47 Å². The highest BCUT2D eigenvalue weighted by molar-refractivity contribution is 6.13. The summed E-state index contributed by atoms with van der Waals surface area (Å²) in [7, 11) is 0. The molecule has 0 saturated heterocycles. The maximum Gasteiger partial charge on any atom is 0.331 e. The first-order valence-electron chi connectivity index (χ1n) is 11.5. The molecule has 0 N–H and O–H groups in total. The molecular formula is C24H30N2O8. The van der Waals surface area contributed by atoms with E-state index in [1.54, 1.807) is 0 Å². The number of hydrogen-bond donors (Lipinski definition) is 0. The molecule has 0 aromatic carbocycles. The van der Waals surface area contributed by atoms with Gasteiger partial charge in [0.15, 0.2) is 0 Å². The molecule has 2 heterocycles. The monoisotopic (exact) mass is 474 g/mol. The van der Waals surface area contributed by atoms with Crippen LogP contribution in [0.4, 0.5) is 0 Å². The van der Waals surface area contributed by atoms with Gasteiger partial charge in [-0.3, -0.25) is 29.0 Å². The van der Waals surface area contributed by atoms with Gasteiger partial charge >= 0.3 is 11.9 Å². The lowest BCUT2D eigenvalue weighted by Crippen LogP contribution is -2.30. The van der Waals surface area contributed by atoms with Crippen molar-refractivity contribution in [1.29, 1.82) is 0 Å². The molecule has 10 nitrogen and oxygen atoms in total. The third-order valence-electron chi connectivity index (χ3n) is 5.20. The van der Waals surface area contributed by atoms with Crippen LogP contribution in [0, 0.1) is 0 Å². The largest absolute Gasteiger partial charge is 0.463 e. The lowest BCUT2D eigenvalue weighted by atomic mass is 10.2. The number of imide groups is 2. The van der Waals surface area contributed by atoms with Crippen molar-refractivity contribution in [3.8, 4) is 0 Å². The molecule has 0 unspecified atom stereocenters. The predicted molar refractivity (Wildman–Crippen MR) is 120 cm³/mol. The molecule has 0 bridgehead atoms. The van der Waals surface area contributed by atoms with E-state index in [0.29, 0.717) is 38.8 Å². The second kappa shape index (κ2) is 14.6. The fraction of sp³-hybridized carbons (Fsp3) is 0.500. The van der Waals surface area contributed by atoms with Crippen LogP contribution in [0.25, 0.3) is 0 Å². The second-order valence-electron chi connectivity index (χ2n) is 7.82. The Morgan fingerprint density at radius 2 is 0.882 bits per heavy atom. The van der Waals surface area contributed by atoms with E-state index in [1.807, 2.05) is 0 Å². The minimum Gasteiger partial charge on any atom is -0.463 e. The Morgan fingerprint density at radius 1 is 0.559 bits per heavy atom. The standard InChI is InChI=1S/C24H30N2O8/c27-19-9-10-20(28)25(19)15-5-1-3-7-17-33-23(31)13-14-24(32)34-18-8-4-2-6-16-26-21(29)11-12-22(26)30/h9-14H,1-8,15-18H2/b14-13-. The van der Waals surface area contributed by atoms with Gasteiger partial charge in [0.1, 0.15) is 0 Å². The summed E-state index contributed by atoms with van der Waals surface area (Å²) in [5.74, 6) is -2.39. The van der Waals surface area contributed by atoms with Crippen LogP contribution >= 0.6 is 0 Å². The van der Waals surface area contributed by atoms with Crippen molar-refractivity contribution in [1.82, 2.24) is 9.80 Å².